The van der Waals surface area contributed by atoms with Gasteiger partial charge in [0.1, 0.15) is 6.54 Å². The molecule has 0 saturated heterocycles. The lowest BCUT2D eigenvalue weighted by Gasteiger charge is -2.29. The maximum absolute atomic E-state index is 12.0. The van der Waals surface area contributed by atoms with Crippen molar-refractivity contribution in [3.63, 3.8) is 0 Å². The molecule has 1 aliphatic heterocycles. The third-order valence-corrected chi connectivity index (χ3v) is 3.77. The lowest BCUT2D eigenvalue weighted by molar-refractivity contribution is -0.124. The molecule has 110 valence electrons. The van der Waals surface area contributed by atoms with Crippen molar-refractivity contribution in [3.8, 4) is 0 Å². The summed E-state index contributed by atoms with van der Waals surface area (Å²) in [5.41, 5.74) is 1.64. The fourth-order valence-electron chi connectivity index (χ4n) is 2.51. The zero-order valence-corrected chi connectivity index (χ0v) is 11.5. The molecule has 0 spiro atoms. The van der Waals surface area contributed by atoms with E-state index in [1.807, 2.05) is 0 Å². The van der Waals surface area contributed by atoms with Crippen molar-refractivity contribution >= 4 is 23.5 Å². The number of carboxylic acid groups (broad SMARTS) is 1. The summed E-state index contributed by atoms with van der Waals surface area (Å²) in [5.74, 6) is -1.26. The third kappa shape index (κ3) is 2.89. The van der Waals surface area contributed by atoms with E-state index >= 15 is 0 Å². The minimum Gasteiger partial charge on any atom is -0.478 e. The molecule has 0 aromatic heterocycles. The zero-order valence-electron chi connectivity index (χ0n) is 11.5. The molecule has 0 bridgehead atoms. The largest absolute Gasteiger partial charge is 0.478 e. The number of carboxylic acids is 1. The highest BCUT2D eigenvalue weighted by Gasteiger charge is 2.29. The van der Waals surface area contributed by atoms with Crippen molar-refractivity contribution in [1.29, 1.82) is 0 Å². The van der Waals surface area contributed by atoms with Crippen LogP contribution in [0.5, 0.6) is 0 Å². The van der Waals surface area contributed by atoms with Gasteiger partial charge in [0.15, 0.2) is 0 Å². The van der Waals surface area contributed by atoms with Gasteiger partial charge in [-0.05, 0) is 43.0 Å². The molecule has 2 amide bonds. The van der Waals surface area contributed by atoms with E-state index in [-0.39, 0.29) is 30.0 Å². The molecule has 1 aromatic rings. The number of hydrogen-bond acceptors (Lipinski definition) is 3. The van der Waals surface area contributed by atoms with Crippen LogP contribution in [0.1, 0.15) is 35.2 Å². The van der Waals surface area contributed by atoms with Crippen LogP contribution in [0.15, 0.2) is 18.2 Å². The fraction of sp³-hybridized carbons (Fsp3) is 0.400. The Labute approximate surface area is 121 Å². The van der Waals surface area contributed by atoms with Crippen LogP contribution in [0.3, 0.4) is 0 Å². The topological polar surface area (TPSA) is 86.7 Å². The molecular formula is C15H16N2O4. The highest BCUT2D eigenvalue weighted by molar-refractivity contribution is 6.01. The second-order valence-electron chi connectivity index (χ2n) is 5.47. The number of amides is 2. The second-order valence-corrected chi connectivity index (χ2v) is 5.47. The van der Waals surface area contributed by atoms with Gasteiger partial charge in [-0.15, -0.1) is 0 Å². The van der Waals surface area contributed by atoms with Gasteiger partial charge in [0, 0.05) is 18.2 Å². The smallest absolute Gasteiger partial charge is 0.335 e. The number of hydrogen-bond donors (Lipinski definition) is 2. The molecule has 1 aromatic carbocycles. The summed E-state index contributed by atoms with van der Waals surface area (Å²) >= 11 is 0. The number of nitrogens with one attached hydrogen (secondary N) is 1. The molecule has 6 nitrogen and oxygen atoms in total. The number of aryl methyl sites for hydroxylation is 1. The number of nitrogens with zero attached hydrogens (tertiary/aromatic N) is 1. The molecule has 2 N–H and O–H groups in total. The van der Waals surface area contributed by atoms with Crippen molar-refractivity contribution in [2.24, 2.45) is 0 Å². The van der Waals surface area contributed by atoms with Crippen molar-refractivity contribution in [1.82, 2.24) is 5.32 Å². The lowest BCUT2D eigenvalue weighted by atomic mass is 9.98. The van der Waals surface area contributed by atoms with Crippen molar-refractivity contribution in [2.45, 2.75) is 31.7 Å². The van der Waals surface area contributed by atoms with Crippen molar-refractivity contribution in [3.05, 3.63) is 29.3 Å². The van der Waals surface area contributed by atoms with E-state index in [1.54, 1.807) is 12.1 Å². The normalized spacial score (nSPS) is 17.3. The van der Waals surface area contributed by atoms with E-state index < -0.39 is 5.97 Å². The summed E-state index contributed by atoms with van der Waals surface area (Å²) in [6.07, 6.45) is 2.80. The molecule has 0 radical (unpaired) electrons. The molecule has 1 aliphatic carbocycles. The first-order valence-electron chi connectivity index (χ1n) is 7.00. The van der Waals surface area contributed by atoms with Gasteiger partial charge >= 0.3 is 5.97 Å². The van der Waals surface area contributed by atoms with Gasteiger partial charge in [-0.25, -0.2) is 4.79 Å². The van der Waals surface area contributed by atoms with Crippen molar-refractivity contribution in [2.75, 3.05) is 11.4 Å². The quantitative estimate of drug-likeness (QED) is 0.863. The average Bonchev–Trinajstić information content (AvgIpc) is 3.25. The molecule has 3 rings (SSSR count). The van der Waals surface area contributed by atoms with Crippen LogP contribution in [0.25, 0.3) is 0 Å². The van der Waals surface area contributed by atoms with Crippen LogP contribution in [-0.4, -0.2) is 35.5 Å². The molecular weight excluding hydrogens is 272 g/mol. The maximum atomic E-state index is 12.0. The van der Waals surface area contributed by atoms with Gasteiger partial charge in [-0.2, -0.15) is 0 Å². The van der Waals surface area contributed by atoms with Gasteiger partial charge in [0.25, 0.3) is 0 Å². The first kappa shape index (κ1) is 13.6. The van der Waals surface area contributed by atoms with E-state index in [2.05, 4.69) is 5.32 Å². The predicted molar refractivity (Wildman–Crippen MR) is 75.2 cm³/mol. The number of rotatable bonds is 4. The standard InChI is InChI=1S/C15H16N2O4/c18-13(16-11-3-4-11)8-17-12-5-1-10(15(20)21)7-9(12)2-6-14(17)19/h1,5,7,11H,2-4,6,8H2,(H,16,18)(H,20,21). The van der Waals surface area contributed by atoms with Crippen LogP contribution in [-0.2, 0) is 16.0 Å². The van der Waals surface area contributed by atoms with Crippen LogP contribution < -0.4 is 10.2 Å². The summed E-state index contributed by atoms with van der Waals surface area (Å²) in [6.45, 7) is -0.00521. The Kier molecular flexibility index (Phi) is 3.37. The summed E-state index contributed by atoms with van der Waals surface area (Å²) < 4.78 is 0. The molecule has 0 atom stereocenters. The highest BCUT2D eigenvalue weighted by atomic mass is 16.4. The predicted octanol–water partition coefficient (Wildman–Crippen LogP) is 0.943. The van der Waals surface area contributed by atoms with Crippen LogP contribution >= 0.6 is 0 Å². The van der Waals surface area contributed by atoms with Gasteiger partial charge < -0.3 is 15.3 Å². The first-order chi connectivity index (χ1) is 10.0. The van der Waals surface area contributed by atoms with Crippen LogP contribution in [0.4, 0.5) is 5.69 Å². The molecule has 6 heteroatoms. The summed E-state index contributed by atoms with van der Waals surface area (Å²) in [5, 5.41) is 11.9. The van der Waals surface area contributed by atoms with E-state index in [0.29, 0.717) is 18.5 Å². The van der Waals surface area contributed by atoms with Crippen LogP contribution in [0.2, 0.25) is 0 Å². The second kappa shape index (κ2) is 5.20. The van der Waals surface area contributed by atoms with E-state index in [4.69, 9.17) is 5.11 Å². The minimum absolute atomic E-state index is 0.00521. The molecule has 1 saturated carbocycles. The van der Waals surface area contributed by atoms with Crippen LogP contribution in [0, 0.1) is 0 Å². The Morgan fingerprint density at radius 1 is 1.29 bits per heavy atom. The van der Waals surface area contributed by atoms with Crippen molar-refractivity contribution < 1.29 is 19.5 Å². The zero-order chi connectivity index (χ0) is 15.0. The summed E-state index contributed by atoms with van der Waals surface area (Å²) in [6, 6.07) is 4.91. The maximum Gasteiger partial charge on any atom is 0.335 e. The van der Waals surface area contributed by atoms with Gasteiger partial charge in [0.2, 0.25) is 11.8 Å². The number of anilines is 1. The van der Waals surface area contributed by atoms with Gasteiger partial charge in [-0.1, -0.05) is 0 Å². The summed E-state index contributed by atoms with van der Waals surface area (Å²) in [7, 11) is 0. The molecule has 2 aliphatic rings. The van der Waals surface area contributed by atoms with Gasteiger partial charge in [0.05, 0.1) is 5.56 Å². The average molecular weight is 288 g/mol. The Morgan fingerprint density at radius 3 is 2.71 bits per heavy atom. The number of aromatic carboxylic acids is 1. The number of carbonyl (C=O) groups is 3. The Balaban J connectivity index is 1.82. The summed E-state index contributed by atoms with van der Waals surface area (Å²) in [4.78, 5) is 36.4. The molecule has 21 heavy (non-hydrogen) atoms. The lowest BCUT2D eigenvalue weighted by Crippen LogP contribution is -2.43. The number of benzene rings is 1. The van der Waals surface area contributed by atoms with Gasteiger partial charge in [-0.3, -0.25) is 9.59 Å². The Morgan fingerprint density at radius 2 is 2.05 bits per heavy atom. The third-order valence-electron chi connectivity index (χ3n) is 3.77. The monoisotopic (exact) mass is 288 g/mol. The fourth-order valence-corrected chi connectivity index (χ4v) is 2.51. The minimum atomic E-state index is -0.993. The SMILES string of the molecule is O=C(CN1C(=O)CCc2cc(C(=O)O)ccc21)NC1CC1. The number of carbonyl (C=O) groups excluding carboxylic acids is 2. The molecule has 1 heterocycles. The van der Waals surface area contributed by atoms with E-state index in [9.17, 15) is 14.4 Å². The first-order valence-corrected chi connectivity index (χ1v) is 7.00. The van der Waals surface area contributed by atoms with E-state index in [1.165, 1.54) is 11.0 Å². The number of fused-ring (bicyclic) bond motifs is 1. The molecule has 0 unspecified atom stereocenters. The molecule has 1 fully saturated rings. The Hall–Kier alpha value is -2.37. The van der Waals surface area contributed by atoms with E-state index in [0.717, 1.165) is 18.4 Å². The highest BCUT2D eigenvalue weighted by Crippen LogP contribution is 2.29. The Bertz CT molecular complexity index is 622.